The summed E-state index contributed by atoms with van der Waals surface area (Å²) in [6.45, 7) is 3.81. The van der Waals surface area contributed by atoms with Crippen LogP contribution in [0.15, 0.2) is 6.33 Å². The molecule has 100 valence electrons. The van der Waals surface area contributed by atoms with E-state index in [4.69, 9.17) is 5.11 Å². The molecule has 8 nitrogen and oxygen atoms in total. The predicted octanol–water partition coefficient (Wildman–Crippen LogP) is 0.103. The van der Waals surface area contributed by atoms with Gasteiger partial charge in [-0.2, -0.15) is 5.10 Å². The minimum atomic E-state index is -1.04. The Labute approximate surface area is 104 Å². The molecule has 1 rings (SSSR count). The lowest BCUT2D eigenvalue weighted by molar-refractivity contribution is -0.140. The number of rotatable bonds is 6. The smallest absolute Gasteiger partial charge is 0.326 e. The van der Waals surface area contributed by atoms with Crippen LogP contribution in [-0.2, 0) is 11.3 Å². The van der Waals surface area contributed by atoms with Gasteiger partial charge in [0, 0.05) is 0 Å². The Morgan fingerprint density at radius 2 is 2.28 bits per heavy atom. The van der Waals surface area contributed by atoms with Crippen molar-refractivity contribution >= 4 is 12.0 Å². The number of aromatic amines is 1. The summed E-state index contributed by atoms with van der Waals surface area (Å²) in [7, 11) is 0. The number of nitrogens with one attached hydrogen (secondary N) is 3. The average Bonchev–Trinajstić information content (AvgIpc) is 2.85. The summed E-state index contributed by atoms with van der Waals surface area (Å²) in [6.07, 6.45) is 1.99. The molecular weight excluding hydrogens is 238 g/mol. The number of hydrogen-bond acceptors (Lipinski definition) is 4. The first-order valence-corrected chi connectivity index (χ1v) is 5.66. The first-order valence-electron chi connectivity index (χ1n) is 5.66. The summed E-state index contributed by atoms with van der Waals surface area (Å²) in [4.78, 5) is 26.4. The zero-order chi connectivity index (χ0) is 13.5. The molecule has 0 aliphatic carbocycles. The molecule has 0 saturated carbocycles. The molecule has 0 aliphatic rings. The van der Waals surface area contributed by atoms with Gasteiger partial charge in [-0.15, -0.1) is 0 Å². The lowest BCUT2D eigenvalue weighted by Crippen LogP contribution is -2.48. The highest BCUT2D eigenvalue weighted by molar-refractivity contribution is 5.82. The summed E-state index contributed by atoms with van der Waals surface area (Å²) in [5.41, 5.74) is 0. The standard InChI is InChI=1S/C10H17N5O3/c1-3-6(2)8(9(16)17)14-10(18)11-4-7-12-5-13-15-7/h5-6,8H,3-4H2,1-2H3,(H,16,17)(H2,11,14,18)(H,12,13,15)/t6-,8-/m0/s1. The lowest BCUT2D eigenvalue weighted by atomic mass is 9.99. The molecule has 1 heterocycles. The Morgan fingerprint density at radius 3 is 2.78 bits per heavy atom. The first kappa shape index (κ1) is 13.9. The van der Waals surface area contributed by atoms with Gasteiger partial charge in [-0.1, -0.05) is 20.3 Å². The largest absolute Gasteiger partial charge is 0.480 e. The third-order valence-electron chi connectivity index (χ3n) is 2.65. The number of carbonyl (C=O) groups excluding carboxylic acids is 1. The second kappa shape index (κ2) is 6.58. The van der Waals surface area contributed by atoms with Crippen LogP contribution in [0, 0.1) is 5.92 Å². The van der Waals surface area contributed by atoms with Crippen LogP contribution in [0.4, 0.5) is 4.79 Å². The van der Waals surface area contributed by atoms with Crippen molar-refractivity contribution in [1.29, 1.82) is 0 Å². The number of H-pyrrole nitrogens is 1. The number of carboxylic acids is 1. The normalized spacial score (nSPS) is 13.7. The SMILES string of the molecule is CC[C@H](C)[C@H](NC(=O)NCc1ncn[nH]1)C(=O)O. The predicted molar refractivity (Wildman–Crippen MR) is 62.6 cm³/mol. The van der Waals surface area contributed by atoms with Gasteiger partial charge in [0.15, 0.2) is 0 Å². The number of carboxylic acid groups (broad SMARTS) is 1. The van der Waals surface area contributed by atoms with Crippen molar-refractivity contribution in [1.82, 2.24) is 25.8 Å². The molecule has 0 aliphatic heterocycles. The Hall–Kier alpha value is -2.12. The molecule has 0 aromatic carbocycles. The fourth-order valence-corrected chi connectivity index (χ4v) is 1.36. The van der Waals surface area contributed by atoms with E-state index in [-0.39, 0.29) is 12.5 Å². The Bertz CT molecular complexity index is 392. The highest BCUT2D eigenvalue weighted by atomic mass is 16.4. The second-order valence-corrected chi connectivity index (χ2v) is 3.96. The van der Waals surface area contributed by atoms with Gasteiger partial charge in [-0.3, -0.25) is 5.10 Å². The molecule has 0 radical (unpaired) electrons. The van der Waals surface area contributed by atoms with Crippen molar-refractivity contribution in [3.05, 3.63) is 12.2 Å². The quantitative estimate of drug-likeness (QED) is 0.574. The molecule has 8 heteroatoms. The van der Waals surface area contributed by atoms with E-state index in [9.17, 15) is 9.59 Å². The fourth-order valence-electron chi connectivity index (χ4n) is 1.36. The Kier molecular flexibility index (Phi) is 5.09. The van der Waals surface area contributed by atoms with Gasteiger partial charge >= 0.3 is 12.0 Å². The zero-order valence-electron chi connectivity index (χ0n) is 10.3. The topological polar surface area (TPSA) is 120 Å². The molecule has 2 amide bonds. The van der Waals surface area contributed by atoms with E-state index >= 15 is 0 Å². The van der Waals surface area contributed by atoms with E-state index in [1.807, 2.05) is 6.92 Å². The highest BCUT2D eigenvalue weighted by Crippen LogP contribution is 2.07. The van der Waals surface area contributed by atoms with Crippen molar-refractivity contribution in [2.45, 2.75) is 32.9 Å². The zero-order valence-corrected chi connectivity index (χ0v) is 10.3. The van der Waals surface area contributed by atoms with Crippen molar-refractivity contribution in [2.24, 2.45) is 5.92 Å². The van der Waals surface area contributed by atoms with Gasteiger partial charge in [0.05, 0.1) is 6.54 Å². The van der Waals surface area contributed by atoms with Crippen LogP contribution < -0.4 is 10.6 Å². The summed E-state index contributed by atoms with van der Waals surface area (Å²) in [5, 5.41) is 20.1. The number of aromatic nitrogens is 3. The lowest BCUT2D eigenvalue weighted by Gasteiger charge is -2.20. The molecule has 0 unspecified atom stereocenters. The molecule has 2 atom stereocenters. The van der Waals surface area contributed by atoms with Crippen molar-refractivity contribution in [3.8, 4) is 0 Å². The van der Waals surface area contributed by atoms with E-state index in [0.29, 0.717) is 12.2 Å². The third-order valence-corrected chi connectivity index (χ3v) is 2.65. The number of amides is 2. The Balaban J connectivity index is 2.44. The average molecular weight is 255 g/mol. The fraction of sp³-hybridized carbons (Fsp3) is 0.600. The minimum Gasteiger partial charge on any atom is -0.480 e. The monoisotopic (exact) mass is 255 g/mol. The Morgan fingerprint density at radius 1 is 1.56 bits per heavy atom. The van der Waals surface area contributed by atoms with Gasteiger partial charge in [-0.05, 0) is 5.92 Å². The maximum absolute atomic E-state index is 11.5. The molecule has 0 saturated heterocycles. The third kappa shape index (κ3) is 4.04. The van der Waals surface area contributed by atoms with E-state index in [1.54, 1.807) is 6.92 Å². The maximum atomic E-state index is 11.5. The molecule has 18 heavy (non-hydrogen) atoms. The van der Waals surface area contributed by atoms with E-state index in [2.05, 4.69) is 25.8 Å². The summed E-state index contributed by atoms with van der Waals surface area (Å²) in [5.74, 6) is -0.682. The van der Waals surface area contributed by atoms with Gasteiger partial charge in [-0.25, -0.2) is 14.6 Å². The minimum absolute atomic E-state index is 0.140. The molecule has 0 fully saturated rings. The number of aliphatic carboxylic acids is 1. The van der Waals surface area contributed by atoms with Crippen molar-refractivity contribution in [3.63, 3.8) is 0 Å². The molecule has 1 aromatic rings. The van der Waals surface area contributed by atoms with Crippen LogP contribution in [-0.4, -0.2) is 38.3 Å². The number of carbonyl (C=O) groups is 2. The van der Waals surface area contributed by atoms with Crippen LogP contribution in [0.25, 0.3) is 0 Å². The number of nitrogens with zero attached hydrogens (tertiary/aromatic N) is 2. The van der Waals surface area contributed by atoms with Crippen LogP contribution >= 0.6 is 0 Å². The molecule has 4 N–H and O–H groups in total. The molecule has 0 spiro atoms. The van der Waals surface area contributed by atoms with Crippen LogP contribution in [0.5, 0.6) is 0 Å². The van der Waals surface area contributed by atoms with E-state index in [0.717, 1.165) is 0 Å². The van der Waals surface area contributed by atoms with Gasteiger partial charge in [0.25, 0.3) is 0 Å². The molecule has 1 aromatic heterocycles. The second-order valence-electron chi connectivity index (χ2n) is 3.96. The highest BCUT2D eigenvalue weighted by Gasteiger charge is 2.25. The van der Waals surface area contributed by atoms with Crippen LogP contribution in [0.1, 0.15) is 26.1 Å². The van der Waals surface area contributed by atoms with Crippen molar-refractivity contribution < 1.29 is 14.7 Å². The van der Waals surface area contributed by atoms with Crippen LogP contribution in [0.3, 0.4) is 0 Å². The van der Waals surface area contributed by atoms with Gasteiger partial charge in [0.2, 0.25) is 0 Å². The molecular formula is C10H17N5O3. The number of hydrogen-bond donors (Lipinski definition) is 4. The summed E-state index contributed by atoms with van der Waals surface area (Å²) >= 11 is 0. The van der Waals surface area contributed by atoms with Gasteiger partial charge < -0.3 is 15.7 Å². The molecule has 0 bridgehead atoms. The summed E-state index contributed by atoms with van der Waals surface area (Å²) < 4.78 is 0. The van der Waals surface area contributed by atoms with E-state index in [1.165, 1.54) is 6.33 Å². The van der Waals surface area contributed by atoms with Gasteiger partial charge in [0.1, 0.15) is 18.2 Å². The van der Waals surface area contributed by atoms with Crippen LogP contribution in [0.2, 0.25) is 0 Å². The van der Waals surface area contributed by atoms with Crippen molar-refractivity contribution in [2.75, 3.05) is 0 Å². The summed E-state index contributed by atoms with van der Waals surface area (Å²) in [6, 6.07) is -1.44. The first-order chi connectivity index (χ1) is 8.54. The number of urea groups is 1. The van der Waals surface area contributed by atoms with E-state index < -0.39 is 18.0 Å². The maximum Gasteiger partial charge on any atom is 0.326 e.